The lowest BCUT2D eigenvalue weighted by molar-refractivity contribution is -0.386. The van der Waals surface area contributed by atoms with E-state index in [2.05, 4.69) is 10.5 Å². The Labute approximate surface area is 148 Å². The molecule has 0 saturated heterocycles. The minimum absolute atomic E-state index is 0.0452. The third kappa shape index (κ3) is 4.44. The van der Waals surface area contributed by atoms with E-state index in [1.807, 2.05) is 0 Å². The van der Waals surface area contributed by atoms with Crippen molar-refractivity contribution in [2.45, 2.75) is 6.92 Å². The molecule has 0 heterocycles. The van der Waals surface area contributed by atoms with Crippen molar-refractivity contribution in [1.82, 2.24) is 0 Å². The Morgan fingerprint density at radius 3 is 2.58 bits per heavy atom. The van der Waals surface area contributed by atoms with Gasteiger partial charge in [-0.05, 0) is 19.1 Å². The zero-order chi connectivity index (χ0) is 19.1. The summed E-state index contributed by atoms with van der Waals surface area (Å²) >= 11 is 0. The zero-order valence-corrected chi connectivity index (χ0v) is 14.0. The lowest BCUT2D eigenvalue weighted by Gasteiger charge is -2.10. The van der Waals surface area contributed by atoms with Gasteiger partial charge >= 0.3 is 5.69 Å². The number of hydrogen-bond acceptors (Lipinski definition) is 8. The molecular weight excluding hydrogens is 344 g/mol. The van der Waals surface area contributed by atoms with Gasteiger partial charge in [0.2, 0.25) is 5.75 Å². The summed E-state index contributed by atoms with van der Waals surface area (Å²) < 4.78 is 10.4. The first-order valence-electron chi connectivity index (χ1n) is 7.49. The van der Waals surface area contributed by atoms with Crippen molar-refractivity contribution in [3.63, 3.8) is 0 Å². The van der Waals surface area contributed by atoms with E-state index in [0.29, 0.717) is 11.3 Å². The predicted molar refractivity (Wildman–Crippen MR) is 95.1 cm³/mol. The quantitative estimate of drug-likeness (QED) is 0.434. The first-order chi connectivity index (χ1) is 12.5. The van der Waals surface area contributed by atoms with E-state index in [4.69, 9.17) is 9.47 Å². The highest BCUT2D eigenvalue weighted by atomic mass is 16.6. The molecule has 0 aliphatic carbocycles. The molecule has 26 heavy (non-hydrogen) atoms. The fourth-order valence-corrected chi connectivity index (χ4v) is 2.13. The fraction of sp³-hybridized carbons (Fsp3) is 0.188. The van der Waals surface area contributed by atoms with Crippen LogP contribution < -0.4 is 14.9 Å². The average Bonchev–Trinajstić information content (AvgIpc) is 2.62. The molecule has 0 amide bonds. The van der Waals surface area contributed by atoms with E-state index in [0.717, 1.165) is 0 Å². The third-order valence-corrected chi connectivity index (χ3v) is 3.23. The highest BCUT2D eigenvalue weighted by molar-refractivity contribution is 5.83. The molecule has 0 spiro atoms. The minimum atomic E-state index is -0.571. The fourth-order valence-electron chi connectivity index (χ4n) is 2.13. The Hall–Kier alpha value is -3.69. The second kappa shape index (κ2) is 8.42. The van der Waals surface area contributed by atoms with Gasteiger partial charge in [0.1, 0.15) is 0 Å². The molecule has 0 bridgehead atoms. The number of anilines is 1. The van der Waals surface area contributed by atoms with Crippen molar-refractivity contribution < 1.29 is 19.3 Å². The molecule has 0 unspecified atom stereocenters. The standard InChI is InChI=1S/C16H16N4O6/c1-3-26-16-14(20(23)24)7-11(8-15(16)25-2)10-17-18-12-5-4-6-13(9-12)19(21)22/h4-10,18H,3H2,1-2H3. The van der Waals surface area contributed by atoms with Gasteiger partial charge in [-0.3, -0.25) is 25.7 Å². The second-order valence-electron chi connectivity index (χ2n) is 4.94. The smallest absolute Gasteiger partial charge is 0.315 e. The van der Waals surface area contributed by atoms with Gasteiger partial charge in [-0.1, -0.05) is 6.07 Å². The van der Waals surface area contributed by atoms with Gasteiger partial charge < -0.3 is 9.47 Å². The van der Waals surface area contributed by atoms with Crippen LogP contribution in [0.1, 0.15) is 12.5 Å². The molecule has 0 aromatic heterocycles. The minimum Gasteiger partial charge on any atom is -0.493 e. The molecule has 2 aromatic rings. The normalized spacial score (nSPS) is 10.5. The first-order valence-corrected chi connectivity index (χ1v) is 7.49. The molecule has 1 N–H and O–H groups in total. The van der Waals surface area contributed by atoms with Crippen molar-refractivity contribution in [2.24, 2.45) is 5.10 Å². The van der Waals surface area contributed by atoms with Crippen LogP contribution in [-0.2, 0) is 0 Å². The van der Waals surface area contributed by atoms with Crippen LogP contribution in [0.2, 0.25) is 0 Å². The highest BCUT2D eigenvalue weighted by Gasteiger charge is 2.21. The molecule has 0 saturated carbocycles. The summed E-state index contributed by atoms with van der Waals surface area (Å²) in [5.74, 6) is 0.252. The Morgan fingerprint density at radius 2 is 1.96 bits per heavy atom. The Balaban J connectivity index is 2.27. The number of benzene rings is 2. The number of hydrazone groups is 1. The summed E-state index contributed by atoms with van der Waals surface area (Å²) in [4.78, 5) is 20.9. The predicted octanol–water partition coefficient (Wildman–Crippen LogP) is 3.36. The SMILES string of the molecule is CCOc1c(OC)cc(C=NNc2cccc([N+](=O)[O-])c2)cc1[N+](=O)[O-]. The number of non-ortho nitro benzene ring substituents is 1. The van der Waals surface area contributed by atoms with Gasteiger partial charge in [0.25, 0.3) is 5.69 Å². The van der Waals surface area contributed by atoms with Crippen molar-refractivity contribution >= 4 is 23.3 Å². The molecule has 2 rings (SSSR count). The molecule has 0 aliphatic rings. The van der Waals surface area contributed by atoms with E-state index in [-0.39, 0.29) is 29.5 Å². The van der Waals surface area contributed by atoms with Gasteiger partial charge in [-0.25, -0.2) is 0 Å². The van der Waals surface area contributed by atoms with Gasteiger partial charge in [-0.2, -0.15) is 5.10 Å². The molecule has 0 atom stereocenters. The van der Waals surface area contributed by atoms with Crippen molar-refractivity contribution in [3.8, 4) is 11.5 Å². The number of ether oxygens (including phenoxy) is 2. The van der Waals surface area contributed by atoms with Crippen LogP contribution in [0.3, 0.4) is 0 Å². The molecule has 136 valence electrons. The van der Waals surface area contributed by atoms with Crippen molar-refractivity contribution in [1.29, 1.82) is 0 Å². The Kier molecular flexibility index (Phi) is 6.04. The van der Waals surface area contributed by atoms with Gasteiger partial charge in [0.15, 0.2) is 5.75 Å². The topological polar surface area (TPSA) is 129 Å². The van der Waals surface area contributed by atoms with E-state index < -0.39 is 9.85 Å². The van der Waals surface area contributed by atoms with E-state index in [1.54, 1.807) is 13.0 Å². The summed E-state index contributed by atoms with van der Waals surface area (Å²) in [6, 6.07) is 8.63. The number of hydrogen-bond donors (Lipinski definition) is 1. The van der Waals surface area contributed by atoms with Crippen LogP contribution >= 0.6 is 0 Å². The van der Waals surface area contributed by atoms with Crippen LogP contribution in [0.15, 0.2) is 41.5 Å². The highest BCUT2D eigenvalue weighted by Crippen LogP contribution is 2.37. The summed E-state index contributed by atoms with van der Waals surface area (Å²) in [5.41, 5.74) is 3.11. The number of nitrogens with zero attached hydrogens (tertiary/aromatic N) is 3. The number of rotatable bonds is 8. The van der Waals surface area contributed by atoms with E-state index >= 15 is 0 Å². The average molecular weight is 360 g/mol. The molecule has 2 aromatic carbocycles. The van der Waals surface area contributed by atoms with Crippen molar-refractivity contribution in [3.05, 3.63) is 62.2 Å². The van der Waals surface area contributed by atoms with Crippen molar-refractivity contribution in [2.75, 3.05) is 19.1 Å². The molecule has 10 nitrogen and oxygen atoms in total. The Morgan fingerprint density at radius 1 is 1.19 bits per heavy atom. The molecule has 0 radical (unpaired) electrons. The maximum Gasteiger partial charge on any atom is 0.315 e. The summed E-state index contributed by atoms with van der Waals surface area (Å²) in [7, 11) is 1.38. The lowest BCUT2D eigenvalue weighted by Crippen LogP contribution is -2.02. The molecular formula is C16H16N4O6. The lowest BCUT2D eigenvalue weighted by atomic mass is 10.2. The maximum atomic E-state index is 11.3. The summed E-state index contributed by atoms with van der Waals surface area (Å²) in [6.07, 6.45) is 1.34. The summed E-state index contributed by atoms with van der Waals surface area (Å²) in [5, 5.41) is 26.0. The van der Waals surface area contributed by atoms with Gasteiger partial charge in [0, 0.05) is 23.8 Å². The molecule has 10 heteroatoms. The van der Waals surface area contributed by atoms with Crippen LogP contribution in [0.4, 0.5) is 17.1 Å². The van der Waals surface area contributed by atoms with E-state index in [1.165, 1.54) is 43.7 Å². The monoisotopic (exact) mass is 360 g/mol. The number of nitro groups is 2. The van der Waals surface area contributed by atoms with Crippen LogP contribution in [0.5, 0.6) is 11.5 Å². The molecule has 0 fully saturated rings. The number of methoxy groups -OCH3 is 1. The first kappa shape index (κ1) is 18.6. The Bertz CT molecular complexity index is 853. The number of nitro benzene ring substituents is 2. The maximum absolute atomic E-state index is 11.3. The second-order valence-corrected chi connectivity index (χ2v) is 4.94. The largest absolute Gasteiger partial charge is 0.493 e. The number of nitrogens with one attached hydrogen (secondary N) is 1. The van der Waals surface area contributed by atoms with Crippen LogP contribution in [0, 0.1) is 20.2 Å². The van der Waals surface area contributed by atoms with Crippen LogP contribution in [0.25, 0.3) is 0 Å². The molecule has 0 aliphatic heterocycles. The summed E-state index contributed by atoms with van der Waals surface area (Å²) in [6.45, 7) is 1.96. The van der Waals surface area contributed by atoms with Crippen LogP contribution in [-0.4, -0.2) is 29.8 Å². The van der Waals surface area contributed by atoms with Gasteiger partial charge in [-0.15, -0.1) is 0 Å². The van der Waals surface area contributed by atoms with Gasteiger partial charge in [0.05, 0.1) is 35.5 Å². The van der Waals surface area contributed by atoms with E-state index in [9.17, 15) is 20.2 Å². The zero-order valence-electron chi connectivity index (χ0n) is 14.0. The third-order valence-electron chi connectivity index (χ3n) is 3.23.